The van der Waals surface area contributed by atoms with Crippen molar-refractivity contribution in [2.24, 2.45) is 0 Å². The molecule has 0 spiro atoms. The molecular weight excluding hydrogens is 170 g/mol. The van der Waals surface area contributed by atoms with E-state index in [1.165, 1.54) is 0 Å². The number of nitrogens with one attached hydrogen (secondary N) is 1. The van der Waals surface area contributed by atoms with Crippen LogP contribution in [0.4, 0.5) is 0 Å². The number of aliphatic hydroxyl groups excluding tert-OH is 1. The van der Waals surface area contributed by atoms with Gasteiger partial charge in [0.15, 0.2) is 0 Å². The molecule has 0 saturated carbocycles. The number of nitrogens with zero attached hydrogens (tertiary/aromatic N) is 2. The lowest BCUT2D eigenvalue weighted by atomic mass is 10.00. The zero-order valence-electron chi connectivity index (χ0n) is 7.36. The second kappa shape index (κ2) is 3.85. The monoisotopic (exact) mass is 183 g/mol. The minimum atomic E-state index is -0.173. The van der Waals surface area contributed by atoms with Gasteiger partial charge in [-0.1, -0.05) is 0 Å². The van der Waals surface area contributed by atoms with Crippen molar-refractivity contribution in [2.45, 2.75) is 25.4 Å². The predicted octanol–water partition coefficient (Wildman–Crippen LogP) is 0.0289. The Morgan fingerprint density at radius 2 is 2.46 bits per heavy atom. The number of piperidine rings is 1. The van der Waals surface area contributed by atoms with E-state index >= 15 is 0 Å². The van der Waals surface area contributed by atoms with E-state index in [4.69, 9.17) is 9.52 Å². The Labute approximate surface area is 76.2 Å². The molecule has 72 valence electrons. The van der Waals surface area contributed by atoms with Gasteiger partial charge in [-0.25, -0.2) is 0 Å². The predicted molar refractivity (Wildman–Crippen MR) is 45.1 cm³/mol. The van der Waals surface area contributed by atoms with E-state index in [0.29, 0.717) is 17.7 Å². The van der Waals surface area contributed by atoms with E-state index in [0.717, 1.165) is 25.9 Å². The molecule has 1 aliphatic rings. The lowest BCUT2D eigenvalue weighted by molar-refractivity contribution is 0.232. The van der Waals surface area contributed by atoms with Crippen LogP contribution in [-0.4, -0.2) is 28.4 Å². The first-order chi connectivity index (χ1) is 6.40. The van der Waals surface area contributed by atoms with Crippen molar-refractivity contribution in [3.05, 3.63) is 11.8 Å². The summed E-state index contributed by atoms with van der Waals surface area (Å²) in [4.78, 5) is 0. The Morgan fingerprint density at radius 1 is 1.54 bits per heavy atom. The van der Waals surface area contributed by atoms with Crippen LogP contribution in [0.25, 0.3) is 0 Å². The highest BCUT2D eigenvalue weighted by Crippen LogP contribution is 2.21. The number of rotatable bonds is 2. The molecule has 5 heteroatoms. The van der Waals surface area contributed by atoms with Crippen molar-refractivity contribution in [3.8, 4) is 0 Å². The second-order valence-electron chi connectivity index (χ2n) is 3.24. The molecule has 2 heterocycles. The van der Waals surface area contributed by atoms with Crippen LogP contribution in [-0.2, 0) is 6.61 Å². The summed E-state index contributed by atoms with van der Waals surface area (Å²) in [5.41, 5.74) is 0. The molecule has 2 N–H and O–H groups in total. The lowest BCUT2D eigenvalue weighted by Crippen LogP contribution is -2.28. The molecule has 1 aromatic heterocycles. The maximum Gasteiger partial charge on any atom is 0.241 e. The van der Waals surface area contributed by atoms with E-state index in [9.17, 15) is 0 Å². The fraction of sp³-hybridized carbons (Fsp3) is 0.750. The molecule has 1 aromatic rings. The first kappa shape index (κ1) is 8.65. The van der Waals surface area contributed by atoms with E-state index in [2.05, 4.69) is 15.5 Å². The normalized spacial score (nSPS) is 23.3. The summed E-state index contributed by atoms with van der Waals surface area (Å²) in [6.45, 7) is 1.79. The summed E-state index contributed by atoms with van der Waals surface area (Å²) in [5, 5.41) is 19.6. The van der Waals surface area contributed by atoms with Gasteiger partial charge >= 0.3 is 0 Å². The van der Waals surface area contributed by atoms with Crippen LogP contribution in [0.1, 0.15) is 30.5 Å². The summed E-state index contributed by atoms with van der Waals surface area (Å²) in [6.07, 6.45) is 2.22. The van der Waals surface area contributed by atoms with E-state index < -0.39 is 0 Å². The van der Waals surface area contributed by atoms with E-state index in [1.807, 2.05) is 0 Å². The molecule has 0 bridgehead atoms. The highest BCUT2D eigenvalue weighted by molar-refractivity contribution is 4.94. The zero-order valence-corrected chi connectivity index (χ0v) is 7.36. The van der Waals surface area contributed by atoms with Crippen molar-refractivity contribution in [2.75, 3.05) is 13.1 Å². The number of aromatic nitrogens is 2. The third-order valence-electron chi connectivity index (χ3n) is 2.26. The minimum absolute atomic E-state index is 0.173. The molecule has 0 radical (unpaired) electrons. The van der Waals surface area contributed by atoms with Gasteiger partial charge in [-0.3, -0.25) is 0 Å². The molecule has 0 amide bonds. The van der Waals surface area contributed by atoms with Crippen molar-refractivity contribution in [1.82, 2.24) is 15.5 Å². The largest absolute Gasteiger partial charge is 0.422 e. The Balaban J connectivity index is 2.05. The van der Waals surface area contributed by atoms with Crippen LogP contribution >= 0.6 is 0 Å². The fourth-order valence-corrected chi connectivity index (χ4v) is 1.56. The highest BCUT2D eigenvalue weighted by Gasteiger charge is 2.20. The third kappa shape index (κ3) is 1.87. The van der Waals surface area contributed by atoms with Crippen LogP contribution in [0.5, 0.6) is 0 Å². The molecular formula is C8H13N3O2. The Hall–Kier alpha value is -0.940. The molecule has 1 fully saturated rings. The van der Waals surface area contributed by atoms with Gasteiger partial charge in [0.2, 0.25) is 11.8 Å². The lowest BCUT2D eigenvalue weighted by Gasteiger charge is -2.18. The molecule has 1 saturated heterocycles. The summed E-state index contributed by atoms with van der Waals surface area (Å²) in [6, 6.07) is 0. The average molecular weight is 183 g/mol. The summed E-state index contributed by atoms with van der Waals surface area (Å²) >= 11 is 0. The van der Waals surface area contributed by atoms with Gasteiger partial charge in [0, 0.05) is 12.5 Å². The van der Waals surface area contributed by atoms with Gasteiger partial charge in [0.05, 0.1) is 0 Å². The molecule has 1 unspecified atom stereocenters. The number of hydrogen-bond acceptors (Lipinski definition) is 5. The van der Waals surface area contributed by atoms with Crippen molar-refractivity contribution in [1.29, 1.82) is 0 Å². The van der Waals surface area contributed by atoms with Crippen LogP contribution in [0.2, 0.25) is 0 Å². The topological polar surface area (TPSA) is 71.2 Å². The van der Waals surface area contributed by atoms with Gasteiger partial charge in [-0.2, -0.15) is 0 Å². The molecule has 1 aliphatic heterocycles. The highest BCUT2D eigenvalue weighted by atomic mass is 16.4. The number of aliphatic hydroxyl groups is 1. The van der Waals surface area contributed by atoms with Crippen molar-refractivity contribution < 1.29 is 9.52 Å². The number of hydrogen-bond donors (Lipinski definition) is 2. The Kier molecular flexibility index (Phi) is 2.56. The van der Waals surface area contributed by atoms with Crippen LogP contribution < -0.4 is 5.32 Å². The molecule has 0 aromatic carbocycles. The fourth-order valence-electron chi connectivity index (χ4n) is 1.56. The first-order valence-corrected chi connectivity index (χ1v) is 4.54. The summed E-state index contributed by atoms with van der Waals surface area (Å²) in [7, 11) is 0. The maximum atomic E-state index is 8.74. The van der Waals surface area contributed by atoms with Crippen molar-refractivity contribution >= 4 is 0 Å². The third-order valence-corrected chi connectivity index (χ3v) is 2.26. The molecule has 0 aliphatic carbocycles. The molecule has 13 heavy (non-hydrogen) atoms. The maximum absolute atomic E-state index is 8.74. The molecule has 2 rings (SSSR count). The minimum Gasteiger partial charge on any atom is -0.422 e. The van der Waals surface area contributed by atoms with E-state index in [-0.39, 0.29) is 6.61 Å². The Morgan fingerprint density at radius 3 is 3.08 bits per heavy atom. The van der Waals surface area contributed by atoms with Crippen LogP contribution in [0.15, 0.2) is 4.42 Å². The van der Waals surface area contributed by atoms with Gasteiger partial charge < -0.3 is 14.8 Å². The quantitative estimate of drug-likeness (QED) is 0.676. The summed E-state index contributed by atoms with van der Waals surface area (Å²) < 4.78 is 5.26. The van der Waals surface area contributed by atoms with Gasteiger partial charge in [0.1, 0.15) is 6.61 Å². The van der Waals surface area contributed by atoms with Crippen molar-refractivity contribution in [3.63, 3.8) is 0 Å². The SMILES string of the molecule is OCc1nnc(C2CCCNC2)o1. The summed E-state index contributed by atoms with van der Waals surface area (Å²) in [5.74, 6) is 1.28. The van der Waals surface area contributed by atoms with Crippen LogP contribution in [0, 0.1) is 0 Å². The molecule has 1 atom stereocenters. The van der Waals surface area contributed by atoms with Gasteiger partial charge in [0.25, 0.3) is 0 Å². The van der Waals surface area contributed by atoms with Crippen LogP contribution in [0.3, 0.4) is 0 Å². The Bertz CT molecular complexity index is 268. The van der Waals surface area contributed by atoms with E-state index in [1.54, 1.807) is 0 Å². The standard InChI is InChI=1S/C8H13N3O2/c12-5-7-10-11-8(13-7)6-2-1-3-9-4-6/h6,9,12H,1-5H2. The van der Waals surface area contributed by atoms with Gasteiger partial charge in [-0.05, 0) is 19.4 Å². The average Bonchev–Trinajstić information content (AvgIpc) is 2.67. The zero-order chi connectivity index (χ0) is 9.10. The second-order valence-corrected chi connectivity index (χ2v) is 3.24. The smallest absolute Gasteiger partial charge is 0.241 e. The molecule has 5 nitrogen and oxygen atoms in total. The first-order valence-electron chi connectivity index (χ1n) is 4.54. The van der Waals surface area contributed by atoms with Gasteiger partial charge in [-0.15, -0.1) is 10.2 Å².